The fraction of sp³-hybridized carbons (Fsp3) is 0.949. The first-order valence-corrected chi connectivity index (χ1v) is 44.0. The lowest BCUT2D eigenvalue weighted by Gasteiger charge is -2.21. The van der Waals surface area contributed by atoms with Crippen LogP contribution in [0.3, 0.4) is 0 Å². The van der Waals surface area contributed by atoms with Gasteiger partial charge in [-0.25, -0.2) is 9.13 Å². The van der Waals surface area contributed by atoms with Crippen LogP contribution in [-0.4, -0.2) is 96.7 Å². The molecule has 582 valence electrons. The van der Waals surface area contributed by atoms with Crippen molar-refractivity contribution >= 4 is 39.5 Å². The molecule has 0 aliphatic heterocycles. The summed E-state index contributed by atoms with van der Waals surface area (Å²) in [5, 5.41) is 10.6. The van der Waals surface area contributed by atoms with E-state index in [-0.39, 0.29) is 25.7 Å². The van der Waals surface area contributed by atoms with Gasteiger partial charge < -0.3 is 33.8 Å². The maximum absolute atomic E-state index is 13.1. The highest BCUT2D eigenvalue weighted by Crippen LogP contribution is 2.45. The summed E-state index contributed by atoms with van der Waals surface area (Å²) in [5.74, 6) is -0.532. The molecule has 98 heavy (non-hydrogen) atoms. The lowest BCUT2D eigenvalue weighted by atomic mass is 10.0. The molecule has 2 unspecified atom stereocenters. The number of carbonyl (C=O) groups is 4. The Hall–Kier alpha value is -1.94. The normalized spacial score (nSPS) is 13.9. The average Bonchev–Trinajstić information content (AvgIpc) is 1.03. The van der Waals surface area contributed by atoms with Crippen LogP contribution in [0.5, 0.6) is 0 Å². The summed E-state index contributed by atoms with van der Waals surface area (Å²) in [7, 11) is -9.92. The van der Waals surface area contributed by atoms with Gasteiger partial charge in [0.1, 0.15) is 19.3 Å². The van der Waals surface area contributed by atoms with Gasteiger partial charge in [-0.15, -0.1) is 0 Å². The van der Waals surface area contributed by atoms with Crippen LogP contribution < -0.4 is 0 Å². The Morgan fingerprint density at radius 1 is 0.276 bits per heavy atom. The molecule has 0 heterocycles. The van der Waals surface area contributed by atoms with Gasteiger partial charge in [0.05, 0.1) is 26.4 Å². The third kappa shape index (κ3) is 72.4. The molecule has 5 atom stereocenters. The number of phosphoric acid groups is 2. The molecule has 0 aromatic heterocycles. The van der Waals surface area contributed by atoms with Gasteiger partial charge in [-0.2, -0.15) is 0 Å². The van der Waals surface area contributed by atoms with Crippen molar-refractivity contribution in [3.8, 4) is 0 Å². The maximum Gasteiger partial charge on any atom is 0.472 e. The highest BCUT2D eigenvalue weighted by atomic mass is 31.2. The number of aliphatic hydroxyl groups excluding tert-OH is 1. The molecule has 0 saturated heterocycles. The van der Waals surface area contributed by atoms with Crippen molar-refractivity contribution in [2.75, 3.05) is 39.6 Å². The van der Waals surface area contributed by atoms with Crippen molar-refractivity contribution in [2.24, 2.45) is 11.8 Å². The van der Waals surface area contributed by atoms with Crippen LogP contribution in [0.1, 0.15) is 414 Å². The molecule has 17 nitrogen and oxygen atoms in total. The standard InChI is InChI=1S/C79H154O17P2/c1-7-9-11-13-15-17-19-20-21-25-33-39-45-51-57-63-78(83)95-74(67-89-76(81)61-55-49-43-37-29-18-16-14-12-10-8-2)69-93-97(85,86)91-65-73(80)66-92-98(87,88)94-70-75(68-90-77(82)62-56-50-44-38-32-28-27-31-36-42-48-54-60-72(5)6)96-79(84)64-58-52-46-40-34-26-23-22-24-30-35-41-47-53-59-71(3)4/h71-75,80H,7-70H2,1-6H3,(H,85,86)(H,87,88)/t73-,74+,75+/m0/s1. The molecule has 0 aromatic rings. The SMILES string of the molecule is CCCCCCCCCCCCCCCCCC(=O)O[C@H](COC(=O)CCCCCCCCCCCCC)COP(=O)(O)OC[C@H](O)COP(=O)(O)OC[C@@H](COC(=O)CCCCCCCCCCCCCCC(C)C)OC(=O)CCCCCCCCCCCCCCCCC(C)C. The Labute approximate surface area is 600 Å². The molecule has 0 fully saturated rings. The Morgan fingerprint density at radius 3 is 0.694 bits per heavy atom. The van der Waals surface area contributed by atoms with E-state index >= 15 is 0 Å². The second-order valence-electron chi connectivity index (χ2n) is 29.4. The van der Waals surface area contributed by atoms with Gasteiger partial charge in [0, 0.05) is 25.7 Å². The summed E-state index contributed by atoms with van der Waals surface area (Å²) < 4.78 is 68.7. The summed E-state index contributed by atoms with van der Waals surface area (Å²) in [5.41, 5.74) is 0. The van der Waals surface area contributed by atoms with Crippen molar-refractivity contribution in [3.05, 3.63) is 0 Å². The Bertz CT molecular complexity index is 1890. The molecule has 0 aliphatic rings. The number of rotatable bonds is 78. The monoisotopic (exact) mass is 1440 g/mol. The average molecular weight is 1440 g/mol. The van der Waals surface area contributed by atoms with E-state index in [1.807, 2.05) is 0 Å². The van der Waals surface area contributed by atoms with Gasteiger partial charge >= 0.3 is 39.5 Å². The minimum absolute atomic E-state index is 0.108. The van der Waals surface area contributed by atoms with E-state index in [0.717, 1.165) is 102 Å². The first kappa shape index (κ1) is 96.1. The number of hydrogen-bond acceptors (Lipinski definition) is 15. The number of ether oxygens (including phenoxy) is 4. The van der Waals surface area contributed by atoms with Crippen molar-refractivity contribution in [2.45, 2.75) is 432 Å². The van der Waals surface area contributed by atoms with Crippen LogP contribution in [0.4, 0.5) is 0 Å². The summed E-state index contributed by atoms with van der Waals surface area (Å²) in [6.45, 7) is 9.66. The molecular formula is C79H154O17P2. The van der Waals surface area contributed by atoms with Gasteiger partial charge in [0.2, 0.25) is 0 Å². The Kier molecular flexibility index (Phi) is 69.3. The fourth-order valence-electron chi connectivity index (χ4n) is 12.2. The Balaban J connectivity index is 5.26. The van der Waals surface area contributed by atoms with E-state index in [9.17, 15) is 43.2 Å². The van der Waals surface area contributed by atoms with Crippen LogP contribution in [0, 0.1) is 11.8 Å². The number of unbranched alkanes of at least 4 members (excludes halogenated alkanes) is 48. The third-order valence-corrected chi connectivity index (χ3v) is 20.4. The largest absolute Gasteiger partial charge is 0.472 e. The Morgan fingerprint density at radius 2 is 0.469 bits per heavy atom. The molecule has 0 saturated carbocycles. The molecular weight excluding hydrogens is 1280 g/mol. The van der Waals surface area contributed by atoms with Crippen molar-refractivity contribution < 1.29 is 80.2 Å². The fourth-order valence-corrected chi connectivity index (χ4v) is 13.8. The van der Waals surface area contributed by atoms with Gasteiger partial charge in [0.25, 0.3) is 0 Å². The minimum atomic E-state index is -4.96. The van der Waals surface area contributed by atoms with Gasteiger partial charge in [-0.05, 0) is 37.5 Å². The minimum Gasteiger partial charge on any atom is -0.462 e. The molecule has 0 radical (unpaired) electrons. The lowest BCUT2D eigenvalue weighted by Crippen LogP contribution is -2.30. The van der Waals surface area contributed by atoms with Crippen LogP contribution in [0.2, 0.25) is 0 Å². The molecule has 0 aromatic carbocycles. The zero-order valence-electron chi connectivity index (χ0n) is 64.1. The van der Waals surface area contributed by atoms with Crippen LogP contribution in [-0.2, 0) is 65.4 Å². The maximum atomic E-state index is 13.1. The summed E-state index contributed by atoms with van der Waals surface area (Å²) in [4.78, 5) is 73.0. The van der Waals surface area contributed by atoms with E-state index in [1.165, 1.54) is 231 Å². The number of aliphatic hydroxyl groups is 1. The quantitative estimate of drug-likeness (QED) is 0.0222. The van der Waals surface area contributed by atoms with E-state index < -0.39 is 97.5 Å². The van der Waals surface area contributed by atoms with E-state index in [0.29, 0.717) is 25.7 Å². The number of esters is 4. The van der Waals surface area contributed by atoms with Crippen molar-refractivity contribution in [1.29, 1.82) is 0 Å². The summed E-state index contributed by atoms with van der Waals surface area (Å²) in [6, 6.07) is 0. The molecule has 3 N–H and O–H groups in total. The third-order valence-electron chi connectivity index (χ3n) is 18.5. The summed E-state index contributed by atoms with van der Waals surface area (Å²) in [6.07, 6.45) is 59.4. The first-order chi connectivity index (χ1) is 47.4. The van der Waals surface area contributed by atoms with E-state index in [4.69, 9.17) is 37.0 Å². The number of carbonyl (C=O) groups excluding carboxylic acids is 4. The smallest absolute Gasteiger partial charge is 0.462 e. The van der Waals surface area contributed by atoms with Gasteiger partial charge in [-0.1, -0.05) is 363 Å². The van der Waals surface area contributed by atoms with Crippen molar-refractivity contribution in [1.82, 2.24) is 0 Å². The predicted octanol–water partition coefficient (Wildman–Crippen LogP) is 23.5. The first-order valence-electron chi connectivity index (χ1n) is 41.0. The van der Waals surface area contributed by atoms with E-state index in [2.05, 4.69) is 41.5 Å². The molecule has 0 amide bonds. The van der Waals surface area contributed by atoms with Crippen LogP contribution in [0.15, 0.2) is 0 Å². The summed E-state index contributed by atoms with van der Waals surface area (Å²) >= 11 is 0. The second-order valence-corrected chi connectivity index (χ2v) is 32.3. The van der Waals surface area contributed by atoms with E-state index in [1.54, 1.807) is 0 Å². The highest BCUT2D eigenvalue weighted by Gasteiger charge is 2.30. The molecule has 0 rings (SSSR count). The zero-order chi connectivity index (χ0) is 72.1. The molecule has 0 bridgehead atoms. The van der Waals surface area contributed by atoms with Crippen LogP contribution >= 0.6 is 15.6 Å². The molecule has 0 spiro atoms. The number of phosphoric ester groups is 2. The lowest BCUT2D eigenvalue weighted by molar-refractivity contribution is -0.161. The van der Waals surface area contributed by atoms with Crippen LogP contribution in [0.25, 0.3) is 0 Å². The topological polar surface area (TPSA) is 237 Å². The second kappa shape index (κ2) is 70.7. The number of hydrogen-bond donors (Lipinski definition) is 3. The zero-order valence-corrected chi connectivity index (χ0v) is 65.9. The van der Waals surface area contributed by atoms with Gasteiger partial charge in [-0.3, -0.25) is 37.3 Å². The van der Waals surface area contributed by atoms with Gasteiger partial charge in [0.15, 0.2) is 12.2 Å². The van der Waals surface area contributed by atoms with Crippen molar-refractivity contribution in [3.63, 3.8) is 0 Å². The highest BCUT2D eigenvalue weighted by molar-refractivity contribution is 7.47. The molecule has 0 aliphatic carbocycles. The predicted molar refractivity (Wildman–Crippen MR) is 400 cm³/mol. The molecule has 19 heteroatoms.